The van der Waals surface area contributed by atoms with Crippen LogP contribution in [0.15, 0.2) is 54.7 Å². The maximum Gasteiger partial charge on any atom is 0.573 e. The van der Waals surface area contributed by atoms with Crippen LogP contribution in [0.5, 0.6) is 5.75 Å². The Morgan fingerprint density at radius 3 is 2.09 bits per heavy atom. The monoisotopic (exact) mass is 512 g/mol. The highest BCUT2D eigenvalue weighted by atomic mass is 35.5. The second kappa shape index (κ2) is 11.7. The summed E-state index contributed by atoms with van der Waals surface area (Å²) in [4.78, 5) is 16.8. The lowest BCUT2D eigenvalue weighted by Gasteiger charge is -2.15. The van der Waals surface area contributed by atoms with E-state index < -0.39 is 12.3 Å². The van der Waals surface area contributed by atoms with Gasteiger partial charge in [0.1, 0.15) is 11.6 Å². The van der Waals surface area contributed by atoms with Gasteiger partial charge in [-0.3, -0.25) is 4.79 Å². The summed E-state index contributed by atoms with van der Waals surface area (Å²) in [6, 6.07) is 11.4. The maximum atomic E-state index is 12.7. The molecule has 1 heterocycles. The van der Waals surface area contributed by atoms with Crippen molar-refractivity contribution in [2.75, 3.05) is 10.6 Å². The van der Waals surface area contributed by atoms with E-state index in [4.69, 9.17) is 28.6 Å². The molecule has 1 aromatic heterocycles. The number of anilines is 3. The molecule has 0 fully saturated rings. The number of carbonyl (C=O) groups excluding carboxylic acids is 1. The highest BCUT2D eigenvalue weighted by Crippen LogP contribution is 2.31. The zero-order valence-corrected chi connectivity index (χ0v) is 19.9. The van der Waals surface area contributed by atoms with E-state index >= 15 is 0 Å². The maximum absolute atomic E-state index is 12.7. The number of carbonyl (C=O) groups is 1. The third kappa shape index (κ3) is 7.36. The summed E-state index contributed by atoms with van der Waals surface area (Å²) < 4.78 is 40.8. The van der Waals surface area contributed by atoms with Gasteiger partial charge in [-0.25, -0.2) is 4.98 Å². The molecular formula is C23H21Cl2F3N4O2. The van der Waals surface area contributed by atoms with Crippen molar-refractivity contribution < 1.29 is 22.7 Å². The Kier molecular flexibility index (Phi) is 9.28. The molecule has 11 heteroatoms. The third-order valence-corrected chi connectivity index (χ3v) is 4.73. The standard InChI is InChI=1S/C21H15Cl2F3N4O2.C2H6/c1-11(27)17-18(23)16(20(31)30-14-4-2-12(22)3-5-14)10-28-19(17)29-13-6-8-15(9-7-13)32-21(24,25)26;1-2/h2-10,27H,1H3,(H,28,29)(H,30,31);1-2H3. The minimum absolute atomic E-state index is 0.00140. The van der Waals surface area contributed by atoms with Crippen molar-refractivity contribution in [3.63, 3.8) is 0 Å². The number of nitrogens with zero attached hydrogens (tertiary/aromatic N) is 1. The van der Waals surface area contributed by atoms with Gasteiger partial charge >= 0.3 is 6.36 Å². The van der Waals surface area contributed by atoms with Crippen molar-refractivity contribution in [3.05, 3.63) is 75.9 Å². The summed E-state index contributed by atoms with van der Waals surface area (Å²) in [7, 11) is 0. The van der Waals surface area contributed by atoms with Crippen LogP contribution >= 0.6 is 23.2 Å². The topological polar surface area (TPSA) is 87.1 Å². The van der Waals surface area contributed by atoms with Crippen LogP contribution in [0, 0.1) is 5.41 Å². The lowest BCUT2D eigenvalue weighted by Crippen LogP contribution is -2.17. The lowest BCUT2D eigenvalue weighted by atomic mass is 10.1. The molecule has 180 valence electrons. The number of aromatic nitrogens is 1. The Balaban J connectivity index is 0.00000199. The molecule has 0 unspecified atom stereocenters. The predicted octanol–water partition coefficient (Wildman–Crippen LogP) is 7.70. The van der Waals surface area contributed by atoms with Crippen LogP contribution in [0.25, 0.3) is 0 Å². The summed E-state index contributed by atoms with van der Waals surface area (Å²) in [5, 5.41) is 14.1. The number of hydrogen-bond donors (Lipinski definition) is 3. The van der Waals surface area contributed by atoms with Crippen LogP contribution in [0.4, 0.5) is 30.4 Å². The van der Waals surface area contributed by atoms with Crippen molar-refractivity contribution in [1.29, 1.82) is 5.41 Å². The van der Waals surface area contributed by atoms with E-state index in [2.05, 4.69) is 20.4 Å². The number of halogens is 5. The van der Waals surface area contributed by atoms with Crippen molar-refractivity contribution in [2.45, 2.75) is 27.1 Å². The average Bonchev–Trinajstić information content (AvgIpc) is 2.77. The number of alkyl halides is 3. The van der Waals surface area contributed by atoms with E-state index in [0.717, 1.165) is 12.1 Å². The molecule has 0 bridgehead atoms. The molecule has 0 spiro atoms. The highest BCUT2D eigenvalue weighted by Gasteiger charge is 2.31. The number of hydrogen-bond acceptors (Lipinski definition) is 5. The summed E-state index contributed by atoms with van der Waals surface area (Å²) >= 11 is 12.2. The van der Waals surface area contributed by atoms with Crippen LogP contribution in [-0.2, 0) is 0 Å². The SMILES string of the molecule is CC.CC(=N)c1c(Nc2ccc(OC(F)(F)F)cc2)ncc(C(=O)Nc2ccc(Cl)cc2)c1Cl. The highest BCUT2D eigenvalue weighted by molar-refractivity contribution is 6.38. The molecule has 1 amide bonds. The van der Waals surface area contributed by atoms with E-state index in [0.29, 0.717) is 16.4 Å². The first kappa shape index (κ1) is 26.9. The molecule has 0 aliphatic rings. The van der Waals surface area contributed by atoms with Crippen molar-refractivity contribution in [3.8, 4) is 5.75 Å². The van der Waals surface area contributed by atoms with Gasteiger partial charge in [0.25, 0.3) is 5.91 Å². The van der Waals surface area contributed by atoms with Crippen molar-refractivity contribution >= 4 is 52.0 Å². The zero-order chi connectivity index (χ0) is 25.5. The molecule has 3 N–H and O–H groups in total. The summed E-state index contributed by atoms with van der Waals surface area (Å²) in [5.41, 5.74) is 1.12. The summed E-state index contributed by atoms with van der Waals surface area (Å²) in [6.45, 7) is 5.47. The number of pyridine rings is 1. The molecule has 0 aliphatic heterocycles. The molecule has 0 saturated carbocycles. The fourth-order valence-electron chi connectivity index (χ4n) is 2.69. The van der Waals surface area contributed by atoms with E-state index in [1.165, 1.54) is 25.3 Å². The van der Waals surface area contributed by atoms with Gasteiger partial charge in [0.05, 0.1) is 16.1 Å². The number of benzene rings is 2. The fourth-order valence-corrected chi connectivity index (χ4v) is 3.18. The molecule has 0 saturated heterocycles. The molecule has 3 rings (SSSR count). The first-order valence-corrected chi connectivity index (χ1v) is 10.7. The van der Waals surface area contributed by atoms with Crippen LogP contribution in [0.1, 0.15) is 36.7 Å². The van der Waals surface area contributed by atoms with Crippen LogP contribution in [-0.4, -0.2) is 23.0 Å². The van der Waals surface area contributed by atoms with Crippen LogP contribution in [0.3, 0.4) is 0 Å². The third-order valence-electron chi connectivity index (χ3n) is 4.09. The first-order valence-electron chi connectivity index (χ1n) is 9.97. The average molecular weight is 513 g/mol. The van der Waals surface area contributed by atoms with Crippen molar-refractivity contribution in [1.82, 2.24) is 4.98 Å². The number of amides is 1. The molecule has 0 aliphatic carbocycles. The summed E-state index contributed by atoms with van der Waals surface area (Å²) in [6.07, 6.45) is -3.56. The number of rotatable bonds is 6. The second-order valence-electron chi connectivity index (χ2n) is 6.49. The number of nitrogens with one attached hydrogen (secondary N) is 3. The van der Waals surface area contributed by atoms with E-state index in [1.54, 1.807) is 24.3 Å². The van der Waals surface area contributed by atoms with Gasteiger partial charge in [-0.1, -0.05) is 37.0 Å². The Morgan fingerprint density at radius 1 is 1.00 bits per heavy atom. The lowest BCUT2D eigenvalue weighted by molar-refractivity contribution is -0.274. The van der Waals surface area contributed by atoms with Gasteiger partial charge in [-0.2, -0.15) is 0 Å². The fraction of sp³-hybridized carbons (Fsp3) is 0.174. The Bertz CT molecular complexity index is 1150. The van der Waals surface area contributed by atoms with Gasteiger partial charge in [0.2, 0.25) is 0 Å². The predicted molar refractivity (Wildman–Crippen MR) is 129 cm³/mol. The summed E-state index contributed by atoms with van der Waals surface area (Å²) in [5.74, 6) is -0.755. The van der Waals surface area contributed by atoms with Gasteiger partial charge < -0.3 is 20.8 Å². The molecule has 0 radical (unpaired) electrons. The molecule has 34 heavy (non-hydrogen) atoms. The molecular weight excluding hydrogens is 492 g/mol. The van der Waals surface area contributed by atoms with Gasteiger partial charge in [-0.05, 0) is 55.5 Å². The first-order chi connectivity index (χ1) is 16.0. The van der Waals surface area contributed by atoms with Crippen LogP contribution < -0.4 is 15.4 Å². The zero-order valence-electron chi connectivity index (χ0n) is 18.3. The Morgan fingerprint density at radius 2 is 1.56 bits per heavy atom. The molecule has 6 nitrogen and oxygen atoms in total. The minimum atomic E-state index is -4.79. The normalized spacial score (nSPS) is 10.6. The molecule has 2 aromatic carbocycles. The van der Waals surface area contributed by atoms with Gasteiger partial charge in [-0.15, -0.1) is 13.2 Å². The van der Waals surface area contributed by atoms with E-state index in [9.17, 15) is 18.0 Å². The van der Waals surface area contributed by atoms with Gasteiger partial charge in [0, 0.05) is 28.3 Å². The van der Waals surface area contributed by atoms with Gasteiger partial charge in [0.15, 0.2) is 0 Å². The van der Waals surface area contributed by atoms with Crippen LogP contribution in [0.2, 0.25) is 10.0 Å². The smallest absolute Gasteiger partial charge is 0.406 e. The molecule has 0 atom stereocenters. The van der Waals surface area contributed by atoms with E-state index in [1.807, 2.05) is 13.8 Å². The Hall–Kier alpha value is -3.30. The minimum Gasteiger partial charge on any atom is -0.406 e. The quantitative estimate of drug-likeness (QED) is 0.295. The second-order valence-corrected chi connectivity index (χ2v) is 7.31. The number of ether oxygens (including phenoxy) is 1. The largest absolute Gasteiger partial charge is 0.573 e. The van der Waals surface area contributed by atoms with Crippen molar-refractivity contribution in [2.24, 2.45) is 0 Å². The Labute approximate surface area is 204 Å². The molecule has 3 aromatic rings. The van der Waals surface area contributed by atoms with E-state index in [-0.39, 0.29) is 33.4 Å².